The molecule has 3 rings (SSSR count). The van der Waals surface area contributed by atoms with Crippen molar-refractivity contribution in [3.8, 4) is 0 Å². The molecule has 1 aliphatic carbocycles. The molecule has 98 valence electrons. The second-order valence-corrected chi connectivity index (χ2v) is 5.13. The van der Waals surface area contributed by atoms with Gasteiger partial charge in [0.25, 0.3) is 0 Å². The molecule has 0 unspecified atom stereocenters. The maximum absolute atomic E-state index is 12.2. The number of carbonyl (C=O) groups is 3. The fourth-order valence-corrected chi connectivity index (χ4v) is 2.95. The van der Waals surface area contributed by atoms with Crippen molar-refractivity contribution in [1.82, 2.24) is 4.90 Å². The third kappa shape index (κ3) is 1.73. The van der Waals surface area contributed by atoms with Crippen LogP contribution >= 0.6 is 0 Å². The minimum atomic E-state index is -0.520. The van der Waals surface area contributed by atoms with Crippen LogP contribution in [0, 0.1) is 17.8 Å². The number of nitrogens with two attached hydrogens (primary N) is 1. The number of imide groups is 1. The molecule has 0 spiro atoms. The molecule has 1 aromatic carbocycles. The second-order valence-electron chi connectivity index (χ2n) is 5.13. The summed E-state index contributed by atoms with van der Waals surface area (Å²) in [6.45, 7) is 0.275. The van der Waals surface area contributed by atoms with Crippen LogP contribution in [0.5, 0.6) is 0 Å². The van der Waals surface area contributed by atoms with Gasteiger partial charge in [-0.2, -0.15) is 0 Å². The lowest BCUT2D eigenvalue weighted by atomic mass is 9.66. The van der Waals surface area contributed by atoms with Crippen LogP contribution in [0.4, 0.5) is 0 Å². The Hall–Kier alpha value is -2.17. The standard InChI is InChI=1S/C14H14N2O3/c15-12(17)9-6-10-11(9)14(19)16(13(10)18)7-8-4-2-1-3-5-8/h1-5,9-11H,6-7H2,(H2,15,17)/t9-,10+,11-/m1/s1. The average molecular weight is 258 g/mol. The predicted octanol–water partition coefficient (Wildman–Crippen LogP) is 0.293. The molecule has 1 saturated carbocycles. The molecule has 1 aromatic rings. The molecule has 3 amide bonds. The van der Waals surface area contributed by atoms with Crippen LogP contribution in [0.15, 0.2) is 30.3 Å². The number of primary amides is 1. The van der Waals surface area contributed by atoms with Crippen LogP contribution in [0.1, 0.15) is 12.0 Å². The lowest BCUT2D eigenvalue weighted by Gasteiger charge is -2.33. The minimum absolute atomic E-state index is 0.170. The Balaban J connectivity index is 1.79. The van der Waals surface area contributed by atoms with Crippen molar-refractivity contribution in [2.24, 2.45) is 23.5 Å². The monoisotopic (exact) mass is 258 g/mol. The van der Waals surface area contributed by atoms with Gasteiger partial charge in [-0.1, -0.05) is 30.3 Å². The highest BCUT2D eigenvalue weighted by molar-refractivity contribution is 6.08. The number of likely N-dealkylation sites (tertiary alicyclic amines) is 1. The summed E-state index contributed by atoms with van der Waals surface area (Å²) in [4.78, 5) is 36.7. The quantitative estimate of drug-likeness (QED) is 0.791. The van der Waals surface area contributed by atoms with Crippen LogP contribution in [-0.4, -0.2) is 22.6 Å². The molecule has 2 N–H and O–H groups in total. The number of hydrogen-bond acceptors (Lipinski definition) is 3. The van der Waals surface area contributed by atoms with E-state index in [1.165, 1.54) is 4.90 Å². The van der Waals surface area contributed by atoms with Gasteiger partial charge in [-0.25, -0.2) is 0 Å². The van der Waals surface area contributed by atoms with Gasteiger partial charge < -0.3 is 5.73 Å². The SMILES string of the molecule is NC(=O)[C@@H]1C[C@@H]2C(=O)N(Cc3ccccc3)C(=O)[C@@H]21. The highest BCUT2D eigenvalue weighted by Gasteiger charge is 2.60. The first-order valence-corrected chi connectivity index (χ1v) is 6.28. The van der Waals surface area contributed by atoms with Gasteiger partial charge in [0.15, 0.2) is 0 Å². The first kappa shape index (κ1) is 11.9. The Kier molecular flexibility index (Phi) is 2.62. The van der Waals surface area contributed by atoms with E-state index in [4.69, 9.17) is 5.73 Å². The van der Waals surface area contributed by atoms with Crippen molar-refractivity contribution in [3.05, 3.63) is 35.9 Å². The van der Waals surface area contributed by atoms with E-state index in [0.717, 1.165) is 5.56 Å². The smallest absolute Gasteiger partial charge is 0.234 e. The van der Waals surface area contributed by atoms with Crippen molar-refractivity contribution >= 4 is 17.7 Å². The van der Waals surface area contributed by atoms with Gasteiger partial charge in [-0.15, -0.1) is 0 Å². The van der Waals surface area contributed by atoms with Crippen molar-refractivity contribution in [2.75, 3.05) is 0 Å². The molecule has 0 radical (unpaired) electrons. The van der Waals surface area contributed by atoms with Crippen LogP contribution in [0.3, 0.4) is 0 Å². The Morgan fingerprint density at radius 2 is 1.89 bits per heavy atom. The van der Waals surface area contributed by atoms with E-state index in [1.54, 1.807) is 0 Å². The summed E-state index contributed by atoms with van der Waals surface area (Å²) in [6.07, 6.45) is 0.413. The van der Waals surface area contributed by atoms with Crippen LogP contribution in [0.25, 0.3) is 0 Å². The molecular weight excluding hydrogens is 244 g/mol. The highest BCUT2D eigenvalue weighted by atomic mass is 16.2. The van der Waals surface area contributed by atoms with Crippen molar-refractivity contribution < 1.29 is 14.4 Å². The molecular formula is C14H14N2O3. The molecule has 5 heteroatoms. The van der Waals surface area contributed by atoms with E-state index >= 15 is 0 Å². The second kappa shape index (κ2) is 4.19. The summed E-state index contributed by atoms with van der Waals surface area (Å²) < 4.78 is 0. The molecule has 1 saturated heterocycles. The maximum Gasteiger partial charge on any atom is 0.234 e. The van der Waals surface area contributed by atoms with E-state index < -0.39 is 17.7 Å². The number of hydrogen-bond donors (Lipinski definition) is 1. The number of amides is 3. The number of benzene rings is 1. The third-order valence-electron chi connectivity index (χ3n) is 4.06. The highest BCUT2D eigenvalue weighted by Crippen LogP contribution is 2.47. The molecule has 1 aliphatic heterocycles. The molecule has 2 aliphatic rings. The van der Waals surface area contributed by atoms with Gasteiger partial charge in [0.05, 0.1) is 24.3 Å². The van der Waals surface area contributed by atoms with E-state index in [-0.39, 0.29) is 24.3 Å². The fraction of sp³-hybridized carbons (Fsp3) is 0.357. The normalized spacial score (nSPS) is 29.1. The first-order valence-electron chi connectivity index (χ1n) is 6.28. The fourth-order valence-electron chi connectivity index (χ4n) is 2.95. The van der Waals surface area contributed by atoms with Crippen LogP contribution in [-0.2, 0) is 20.9 Å². The van der Waals surface area contributed by atoms with Crippen molar-refractivity contribution in [3.63, 3.8) is 0 Å². The summed E-state index contributed by atoms with van der Waals surface area (Å²) in [5.41, 5.74) is 6.14. The Morgan fingerprint density at radius 3 is 2.53 bits per heavy atom. The summed E-state index contributed by atoms with van der Waals surface area (Å²) in [6, 6.07) is 9.34. The lowest BCUT2D eigenvalue weighted by molar-refractivity contribution is -0.142. The van der Waals surface area contributed by atoms with Crippen molar-refractivity contribution in [2.45, 2.75) is 13.0 Å². The summed E-state index contributed by atoms with van der Waals surface area (Å²) in [5, 5.41) is 0. The molecule has 5 nitrogen and oxygen atoms in total. The minimum Gasteiger partial charge on any atom is -0.369 e. The van der Waals surface area contributed by atoms with Gasteiger partial charge in [-0.05, 0) is 12.0 Å². The topological polar surface area (TPSA) is 80.5 Å². The van der Waals surface area contributed by atoms with Crippen LogP contribution < -0.4 is 5.73 Å². The maximum atomic E-state index is 12.2. The predicted molar refractivity (Wildman–Crippen MR) is 66.3 cm³/mol. The Morgan fingerprint density at radius 1 is 1.21 bits per heavy atom. The Labute approximate surface area is 110 Å². The summed E-state index contributed by atoms with van der Waals surface area (Å²) >= 11 is 0. The van der Waals surface area contributed by atoms with Gasteiger partial charge in [0.2, 0.25) is 17.7 Å². The zero-order chi connectivity index (χ0) is 13.6. The average Bonchev–Trinajstić information content (AvgIpc) is 2.50. The largest absolute Gasteiger partial charge is 0.369 e. The zero-order valence-electron chi connectivity index (χ0n) is 10.3. The molecule has 2 fully saturated rings. The van der Waals surface area contributed by atoms with Crippen molar-refractivity contribution in [1.29, 1.82) is 0 Å². The number of fused-ring (bicyclic) bond motifs is 1. The molecule has 19 heavy (non-hydrogen) atoms. The number of carbonyl (C=O) groups excluding carboxylic acids is 3. The van der Waals surface area contributed by atoms with Crippen LogP contribution in [0.2, 0.25) is 0 Å². The van der Waals surface area contributed by atoms with E-state index in [2.05, 4.69) is 0 Å². The van der Waals surface area contributed by atoms with E-state index in [0.29, 0.717) is 6.42 Å². The lowest BCUT2D eigenvalue weighted by Crippen LogP contribution is -2.46. The molecule has 3 atom stereocenters. The Bertz CT molecular complexity index is 555. The van der Waals surface area contributed by atoms with Gasteiger partial charge in [0.1, 0.15) is 0 Å². The van der Waals surface area contributed by atoms with E-state index in [9.17, 15) is 14.4 Å². The van der Waals surface area contributed by atoms with Gasteiger partial charge in [-0.3, -0.25) is 19.3 Å². The van der Waals surface area contributed by atoms with Gasteiger partial charge >= 0.3 is 0 Å². The molecule has 1 heterocycles. The molecule has 0 aromatic heterocycles. The zero-order valence-corrected chi connectivity index (χ0v) is 10.3. The third-order valence-corrected chi connectivity index (χ3v) is 4.06. The molecule has 0 bridgehead atoms. The summed E-state index contributed by atoms with van der Waals surface area (Å²) in [7, 11) is 0. The first-order chi connectivity index (χ1) is 9.09. The summed E-state index contributed by atoms with van der Waals surface area (Å²) in [5.74, 6) is -2.24. The number of nitrogens with zero attached hydrogens (tertiary/aromatic N) is 1. The van der Waals surface area contributed by atoms with E-state index in [1.807, 2.05) is 30.3 Å². The number of rotatable bonds is 3. The van der Waals surface area contributed by atoms with Gasteiger partial charge in [0, 0.05) is 0 Å².